The molecule has 102 valence electrons. The largest absolute Gasteiger partial charge is 0.423 e. The van der Waals surface area contributed by atoms with Crippen molar-refractivity contribution < 1.29 is 4.42 Å². The van der Waals surface area contributed by atoms with Crippen molar-refractivity contribution in [3.8, 4) is 0 Å². The molecule has 0 aromatic carbocycles. The first-order chi connectivity index (χ1) is 8.36. The molecule has 2 rings (SSSR count). The standard InChI is InChI=1S/C14H25N3O/c1-7-9(15-8-2)11-16-17-12(18-11)10-13(3,4)14(10,5)6/h9-10,15H,7-8H2,1-6H3. The van der Waals surface area contributed by atoms with Gasteiger partial charge in [0, 0.05) is 5.92 Å². The van der Waals surface area contributed by atoms with Crippen LogP contribution in [0.25, 0.3) is 0 Å². The summed E-state index contributed by atoms with van der Waals surface area (Å²) in [4.78, 5) is 0. The maximum Gasteiger partial charge on any atom is 0.233 e. The van der Waals surface area contributed by atoms with Crippen LogP contribution >= 0.6 is 0 Å². The molecule has 1 fully saturated rings. The zero-order valence-corrected chi connectivity index (χ0v) is 12.4. The Labute approximate surface area is 110 Å². The molecule has 1 atom stereocenters. The second-order valence-corrected chi connectivity index (χ2v) is 6.37. The Morgan fingerprint density at radius 1 is 1.17 bits per heavy atom. The van der Waals surface area contributed by atoms with E-state index in [1.54, 1.807) is 0 Å². The van der Waals surface area contributed by atoms with E-state index in [1.165, 1.54) is 0 Å². The first-order valence-electron chi connectivity index (χ1n) is 6.92. The van der Waals surface area contributed by atoms with Crippen LogP contribution in [-0.4, -0.2) is 16.7 Å². The summed E-state index contributed by atoms with van der Waals surface area (Å²) < 4.78 is 5.90. The summed E-state index contributed by atoms with van der Waals surface area (Å²) in [5, 5.41) is 11.8. The molecule has 0 spiro atoms. The Morgan fingerprint density at radius 2 is 1.78 bits per heavy atom. The highest BCUT2D eigenvalue weighted by atomic mass is 16.4. The number of nitrogens with zero attached hydrogens (tertiary/aromatic N) is 2. The molecule has 1 unspecified atom stereocenters. The molecule has 1 saturated carbocycles. The van der Waals surface area contributed by atoms with Crippen molar-refractivity contribution in [1.82, 2.24) is 15.5 Å². The number of hydrogen-bond donors (Lipinski definition) is 1. The molecular formula is C14H25N3O. The van der Waals surface area contributed by atoms with Crippen molar-refractivity contribution >= 4 is 0 Å². The average Bonchev–Trinajstić information content (AvgIpc) is 2.68. The van der Waals surface area contributed by atoms with Gasteiger partial charge in [-0.3, -0.25) is 0 Å². The van der Waals surface area contributed by atoms with E-state index in [2.05, 4.69) is 57.1 Å². The van der Waals surface area contributed by atoms with Crippen LogP contribution in [0.4, 0.5) is 0 Å². The van der Waals surface area contributed by atoms with E-state index in [4.69, 9.17) is 4.42 Å². The van der Waals surface area contributed by atoms with E-state index in [9.17, 15) is 0 Å². The minimum absolute atomic E-state index is 0.182. The van der Waals surface area contributed by atoms with Gasteiger partial charge in [-0.1, -0.05) is 41.5 Å². The molecule has 1 aliphatic carbocycles. The van der Waals surface area contributed by atoms with E-state index in [0.29, 0.717) is 5.92 Å². The Bertz CT molecular complexity index is 408. The second kappa shape index (κ2) is 4.34. The molecule has 1 aromatic heterocycles. The van der Waals surface area contributed by atoms with Gasteiger partial charge >= 0.3 is 0 Å². The van der Waals surface area contributed by atoms with Gasteiger partial charge in [0.1, 0.15) is 0 Å². The van der Waals surface area contributed by atoms with Gasteiger partial charge in [-0.05, 0) is 23.8 Å². The van der Waals surface area contributed by atoms with E-state index in [1.807, 2.05) is 0 Å². The lowest BCUT2D eigenvalue weighted by atomic mass is 10.0. The van der Waals surface area contributed by atoms with Gasteiger partial charge in [0.05, 0.1) is 6.04 Å². The molecule has 1 heterocycles. The van der Waals surface area contributed by atoms with Gasteiger partial charge < -0.3 is 9.73 Å². The highest BCUT2D eigenvalue weighted by Gasteiger charge is 2.67. The number of rotatable bonds is 5. The molecule has 1 N–H and O–H groups in total. The van der Waals surface area contributed by atoms with Gasteiger partial charge in [-0.15, -0.1) is 10.2 Å². The number of aromatic nitrogens is 2. The Hall–Kier alpha value is -0.900. The molecule has 4 heteroatoms. The van der Waals surface area contributed by atoms with Gasteiger partial charge in [-0.2, -0.15) is 0 Å². The Morgan fingerprint density at radius 3 is 2.22 bits per heavy atom. The highest BCUT2D eigenvalue weighted by molar-refractivity contribution is 5.24. The predicted molar refractivity (Wildman–Crippen MR) is 71.3 cm³/mol. The molecule has 4 nitrogen and oxygen atoms in total. The lowest BCUT2D eigenvalue weighted by molar-refractivity contribution is 0.369. The van der Waals surface area contributed by atoms with Crippen LogP contribution in [0, 0.1) is 10.8 Å². The maximum absolute atomic E-state index is 5.90. The van der Waals surface area contributed by atoms with Crippen molar-refractivity contribution in [1.29, 1.82) is 0 Å². The van der Waals surface area contributed by atoms with Crippen LogP contribution in [0.2, 0.25) is 0 Å². The lowest BCUT2D eigenvalue weighted by Crippen LogP contribution is -2.20. The molecular weight excluding hydrogens is 226 g/mol. The lowest BCUT2D eigenvalue weighted by Gasteiger charge is -2.10. The quantitative estimate of drug-likeness (QED) is 0.872. The number of nitrogens with one attached hydrogen (secondary N) is 1. The summed E-state index contributed by atoms with van der Waals surface area (Å²) in [7, 11) is 0. The summed E-state index contributed by atoms with van der Waals surface area (Å²) in [5.41, 5.74) is 0.493. The van der Waals surface area contributed by atoms with E-state index in [-0.39, 0.29) is 16.9 Å². The van der Waals surface area contributed by atoms with Crippen molar-refractivity contribution in [2.24, 2.45) is 10.8 Å². The second-order valence-electron chi connectivity index (χ2n) is 6.37. The van der Waals surface area contributed by atoms with Gasteiger partial charge in [0.25, 0.3) is 0 Å². The summed E-state index contributed by atoms with van der Waals surface area (Å²) in [6.45, 7) is 14.2. The first kappa shape index (κ1) is 13.5. The summed E-state index contributed by atoms with van der Waals surface area (Å²) in [5.74, 6) is 1.91. The predicted octanol–water partition coefficient (Wildman–Crippen LogP) is 3.28. The summed E-state index contributed by atoms with van der Waals surface area (Å²) in [6, 6.07) is 0.182. The van der Waals surface area contributed by atoms with E-state index >= 15 is 0 Å². The maximum atomic E-state index is 5.90. The number of hydrogen-bond acceptors (Lipinski definition) is 4. The molecule has 1 aliphatic rings. The van der Waals surface area contributed by atoms with Crippen LogP contribution in [-0.2, 0) is 0 Å². The fraction of sp³-hybridized carbons (Fsp3) is 0.857. The van der Waals surface area contributed by atoms with E-state index in [0.717, 1.165) is 24.7 Å². The SMILES string of the molecule is CCNC(CC)c1nnc(C2C(C)(C)C2(C)C)o1. The highest BCUT2D eigenvalue weighted by Crippen LogP contribution is 2.73. The van der Waals surface area contributed by atoms with Crippen LogP contribution in [0.5, 0.6) is 0 Å². The third-order valence-electron chi connectivity index (χ3n) is 4.88. The fourth-order valence-electron chi connectivity index (χ4n) is 2.97. The van der Waals surface area contributed by atoms with E-state index < -0.39 is 0 Å². The average molecular weight is 251 g/mol. The molecule has 18 heavy (non-hydrogen) atoms. The van der Waals surface area contributed by atoms with Crippen molar-refractivity contribution in [3.05, 3.63) is 11.8 Å². The van der Waals surface area contributed by atoms with Crippen LogP contribution in [0.15, 0.2) is 4.42 Å². The molecule has 0 aliphatic heterocycles. The zero-order valence-electron chi connectivity index (χ0n) is 12.4. The zero-order chi connectivity index (χ0) is 13.6. The monoisotopic (exact) mass is 251 g/mol. The van der Waals surface area contributed by atoms with Gasteiger partial charge in [-0.25, -0.2) is 0 Å². The Balaban J connectivity index is 2.17. The first-order valence-corrected chi connectivity index (χ1v) is 6.92. The molecule has 0 radical (unpaired) electrons. The molecule has 0 amide bonds. The van der Waals surface area contributed by atoms with Crippen LogP contribution in [0.3, 0.4) is 0 Å². The molecule has 0 bridgehead atoms. The van der Waals surface area contributed by atoms with Gasteiger partial charge in [0.15, 0.2) is 0 Å². The Kier molecular flexibility index (Phi) is 3.26. The van der Waals surface area contributed by atoms with Crippen LogP contribution in [0.1, 0.15) is 71.7 Å². The third-order valence-corrected chi connectivity index (χ3v) is 4.88. The van der Waals surface area contributed by atoms with Crippen molar-refractivity contribution in [2.45, 2.75) is 59.9 Å². The molecule has 1 aromatic rings. The minimum Gasteiger partial charge on any atom is -0.423 e. The van der Waals surface area contributed by atoms with Gasteiger partial charge in [0.2, 0.25) is 11.8 Å². The smallest absolute Gasteiger partial charge is 0.233 e. The van der Waals surface area contributed by atoms with Crippen LogP contribution < -0.4 is 5.32 Å². The fourth-order valence-corrected chi connectivity index (χ4v) is 2.97. The molecule has 0 saturated heterocycles. The normalized spacial score (nSPS) is 23.0. The van der Waals surface area contributed by atoms with Crippen molar-refractivity contribution in [3.63, 3.8) is 0 Å². The van der Waals surface area contributed by atoms with Crippen molar-refractivity contribution in [2.75, 3.05) is 6.54 Å². The topological polar surface area (TPSA) is 51.0 Å². The minimum atomic E-state index is 0.182. The third kappa shape index (κ3) is 1.87. The summed E-state index contributed by atoms with van der Waals surface area (Å²) in [6.07, 6.45) is 0.965. The summed E-state index contributed by atoms with van der Waals surface area (Å²) >= 11 is 0.